The molecule has 1 saturated heterocycles. The van der Waals surface area contributed by atoms with Crippen LogP contribution < -0.4 is 11.2 Å². The summed E-state index contributed by atoms with van der Waals surface area (Å²) in [6.07, 6.45) is 4.01. The van der Waals surface area contributed by atoms with E-state index in [4.69, 9.17) is 11.6 Å². The van der Waals surface area contributed by atoms with Crippen LogP contribution in [0, 0.1) is 0 Å². The number of benzene rings is 1. The summed E-state index contributed by atoms with van der Waals surface area (Å²) in [6.45, 7) is 2.81. The molecule has 30 heavy (non-hydrogen) atoms. The number of likely N-dealkylation sites (tertiary alicyclic amines) is 1. The highest BCUT2D eigenvalue weighted by atomic mass is 35.5. The van der Waals surface area contributed by atoms with Crippen LogP contribution in [0.3, 0.4) is 0 Å². The van der Waals surface area contributed by atoms with Crippen molar-refractivity contribution in [1.82, 2.24) is 14.0 Å². The number of carbonyl (C=O) groups excluding carboxylic acids is 1. The van der Waals surface area contributed by atoms with Crippen LogP contribution >= 0.6 is 22.9 Å². The molecule has 158 valence electrons. The summed E-state index contributed by atoms with van der Waals surface area (Å²) in [7, 11) is 0. The number of piperidine rings is 1. The number of nitrogens with zero attached hydrogens (tertiary/aromatic N) is 3. The maximum atomic E-state index is 13.3. The number of rotatable bonds is 5. The van der Waals surface area contributed by atoms with Gasteiger partial charge in [-0.05, 0) is 48.8 Å². The Balaban J connectivity index is 1.75. The van der Waals surface area contributed by atoms with E-state index in [1.165, 1.54) is 20.5 Å². The topological polar surface area (TPSA) is 64.3 Å². The molecular formula is C22H24ClN3O3S. The molecule has 8 heteroatoms. The number of aromatic nitrogens is 2. The van der Waals surface area contributed by atoms with Crippen molar-refractivity contribution in [2.75, 3.05) is 6.54 Å². The lowest BCUT2D eigenvalue weighted by Gasteiger charge is -2.35. The molecule has 1 aliphatic heterocycles. The van der Waals surface area contributed by atoms with Gasteiger partial charge in [-0.25, -0.2) is 4.79 Å². The van der Waals surface area contributed by atoms with Gasteiger partial charge in [0.2, 0.25) is 5.91 Å². The smallest absolute Gasteiger partial charge is 0.332 e. The van der Waals surface area contributed by atoms with Gasteiger partial charge >= 0.3 is 5.69 Å². The lowest BCUT2D eigenvalue weighted by atomic mass is 10.00. The van der Waals surface area contributed by atoms with Crippen molar-refractivity contribution in [3.8, 4) is 0 Å². The predicted octanol–water partition coefficient (Wildman–Crippen LogP) is 3.72. The van der Waals surface area contributed by atoms with Crippen molar-refractivity contribution < 1.29 is 4.79 Å². The van der Waals surface area contributed by atoms with Crippen molar-refractivity contribution in [2.24, 2.45) is 0 Å². The van der Waals surface area contributed by atoms with Crippen LogP contribution in [-0.4, -0.2) is 32.5 Å². The Hall–Kier alpha value is -2.38. The van der Waals surface area contributed by atoms with Crippen LogP contribution in [0.25, 0.3) is 10.2 Å². The van der Waals surface area contributed by atoms with Gasteiger partial charge in [0.05, 0.1) is 12.1 Å². The number of fused-ring (bicyclic) bond motifs is 1. The van der Waals surface area contributed by atoms with E-state index in [1.807, 2.05) is 11.0 Å². The molecule has 1 atom stereocenters. The highest BCUT2D eigenvalue weighted by molar-refractivity contribution is 7.17. The summed E-state index contributed by atoms with van der Waals surface area (Å²) in [5, 5.41) is 2.28. The molecule has 1 fully saturated rings. The van der Waals surface area contributed by atoms with Crippen molar-refractivity contribution in [3.05, 3.63) is 67.1 Å². The maximum absolute atomic E-state index is 13.3. The Bertz CT molecular complexity index is 1200. The molecule has 1 aliphatic rings. The molecule has 2 aromatic heterocycles. The van der Waals surface area contributed by atoms with Crippen molar-refractivity contribution in [2.45, 2.75) is 51.7 Å². The molecule has 0 saturated carbocycles. The Morgan fingerprint density at radius 2 is 1.97 bits per heavy atom. The van der Waals surface area contributed by atoms with Gasteiger partial charge in [-0.2, -0.15) is 0 Å². The Morgan fingerprint density at radius 1 is 1.17 bits per heavy atom. The van der Waals surface area contributed by atoms with Gasteiger partial charge in [0.15, 0.2) is 0 Å². The molecule has 0 spiro atoms. The third kappa shape index (κ3) is 3.84. The Labute approximate surface area is 183 Å². The first-order valence-corrected chi connectivity index (χ1v) is 11.5. The Morgan fingerprint density at radius 3 is 2.73 bits per heavy atom. The zero-order valence-corrected chi connectivity index (χ0v) is 18.4. The highest BCUT2D eigenvalue weighted by Gasteiger charge is 2.26. The fraction of sp³-hybridized carbons (Fsp3) is 0.409. The van der Waals surface area contributed by atoms with Crippen LogP contribution in [0.15, 0.2) is 45.3 Å². The predicted molar refractivity (Wildman–Crippen MR) is 121 cm³/mol. The largest absolute Gasteiger partial charge is 0.338 e. The molecule has 0 N–H and O–H groups in total. The molecule has 1 amide bonds. The molecule has 3 heterocycles. The Kier molecular flexibility index (Phi) is 6.11. The van der Waals surface area contributed by atoms with E-state index >= 15 is 0 Å². The molecule has 0 aliphatic carbocycles. The number of halogens is 1. The fourth-order valence-electron chi connectivity index (χ4n) is 4.20. The van der Waals surface area contributed by atoms with Crippen LogP contribution in [0.4, 0.5) is 0 Å². The zero-order chi connectivity index (χ0) is 21.3. The minimum Gasteiger partial charge on any atom is -0.338 e. The van der Waals surface area contributed by atoms with Crippen molar-refractivity contribution in [1.29, 1.82) is 0 Å². The van der Waals surface area contributed by atoms with Crippen molar-refractivity contribution in [3.63, 3.8) is 0 Å². The third-order valence-electron chi connectivity index (χ3n) is 5.83. The monoisotopic (exact) mass is 445 g/mol. The van der Waals surface area contributed by atoms with E-state index in [1.54, 1.807) is 29.6 Å². The van der Waals surface area contributed by atoms with E-state index in [2.05, 4.69) is 6.92 Å². The molecule has 0 unspecified atom stereocenters. The first-order valence-electron chi connectivity index (χ1n) is 10.2. The van der Waals surface area contributed by atoms with Crippen LogP contribution in [0.2, 0.25) is 5.02 Å². The second-order valence-electron chi connectivity index (χ2n) is 7.63. The molecule has 0 radical (unpaired) electrons. The third-order valence-corrected chi connectivity index (χ3v) is 7.10. The number of carbonyl (C=O) groups is 1. The first-order chi connectivity index (χ1) is 14.5. The van der Waals surface area contributed by atoms with Crippen molar-refractivity contribution >= 4 is 39.1 Å². The lowest BCUT2D eigenvalue weighted by Crippen LogP contribution is -2.47. The molecular weight excluding hydrogens is 422 g/mol. The lowest BCUT2D eigenvalue weighted by molar-refractivity contribution is -0.135. The average molecular weight is 446 g/mol. The number of hydrogen-bond donors (Lipinski definition) is 0. The van der Waals surface area contributed by atoms with Crippen LogP contribution in [0.5, 0.6) is 0 Å². The number of thiophene rings is 1. The molecule has 1 aromatic carbocycles. The van der Waals surface area contributed by atoms with Gasteiger partial charge in [0, 0.05) is 17.6 Å². The summed E-state index contributed by atoms with van der Waals surface area (Å²) in [5.74, 6) is -0.0703. The SMILES string of the molecule is CC[C@H]1CCCCN1C(=O)Cn1c(=O)n(Cc2ccccc2Cl)c(=O)c2sccc21. The summed E-state index contributed by atoms with van der Waals surface area (Å²) in [4.78, 5) is 41.3. The van der Waals surface area contributed by atoms with Crippen LogP contribution in [0.1, 0.15) is 38.2 Å². The van der Waals surface area contributed by atoms with E-state index in [-0.39, 0.29) is 30.6 Å². The van der Waals surface area contributed by atoms with E-state index in [0.29, 0.717) is 20.8 Å². The second kappa shape index (κ2) is 8.78. The standard InChI is InChI=1S/C22H24ClN3O3S/c1-2-16-8-5-6-11-24(16)19(27)14-25-18-10-12-30-20(18)21(28)26(22(25)29)13-15-7-3-4-9-17(15)23/h3-4,7,9-10,12,16H,2,5-6,8,11,13-14H2,1H3/t16-/m0/s1. The van der Waals surface area contributed by atoms with E-state index in [9.17, 15) is 14.4 Å². The van der Waals surface area contributed by atoms with Gasteiger partial charge in [0.25, 0.3) is 5.56 Å². The number of hydrogen-bond acceptors (Lipinski definition) is 4. The normalized spacial score (nSPS) is 16.9. The molecule has 4 rings (SSSR count). The van der Waals surface area contributed by atoms with E-state index in [0.717, 1.165) is 32.2 Å². The first kappa shape index (κ1) is 20.9. The molecule has 3 aromatic rings. The maximum Gasteiger partial charge on any atom is 0.332 e. The average Bonchev–Trinajstić information content (AvgIpc) is 3.25. The quantitative estimate of drug-likeness (QED) is 0.601. The van der Waals surface area contributed by atoms with Gasteiger partial charge < -0.3 is 4.90 Å². The van der Waals surface area contributed by atoms with Gasteiger partial charge in [0.1, 0.15) is 11.2 Å². The summed E-state index contributed by atoms with van der Waals surface area (Å²) >= 11 is 7.53. The summed E-state index contributed by atoms with van der Waals surface area (Å²) in [5.41, 5.74) is 0.375. The fourth-order valence-corrected chi connectivity index (χ4v) is 5.24. The highest BCUT2D eigenvalue weighted by Crippen LogP contribution is 2.21. The molecule has 6 nitrogen and oxygen atoms in total. The number of amides is 1. The van der Waals surface area contributed by atoms with Gasteiger partial charge in [-0.15, -0.1) is 11.3 Å². The van der Waals surface area contributed by atoms with Gasteiger partial charge in [-0.1, -0.05) is 36.7 Å². The minimum absolute atomic E-state index is 0.0641. The van der Waals surface area contributed by atoms with Gasteiger partial charge in [-0.3, -0.25) is 18.7 Å². The second-order valence-corrected chi connectivity index (χ2v) is 8.95. The zero-order valence-electron chi connectivity index (χ0n) is 16.8. The minimum atomic E-state index is -0.482. The summed E-state index contributed by atoms with van der Waals surface area (Å²) < 4.78 is 3.09. The summed E-state index contributed by atoms with van der Waals surface area (Å²) in [6, 6.07) is 9.10. The molecule has 0 bridgehead atoms. The van der Waals surface area contributed by atoms with Crippen LogP contribution in [-0.2, 0) is 17.9 Å². The van der Waals surface area contributed by atoms with E-state index < -0.39 is 5.69 Å².